The van der Waals surface area contributed by atoms with E-state index in [-0.39, 0.29) is 5.41 Å². The second-order valence-corrected chi connectivity index (χ2v) is 5.38. The Hall–Kier alpha value is -1.03. The monoisotopic (exact) mass is 282 g/mol. The zero-order valence-electron chi connectivity index (χ0n) is 9.15. The van der Waals surface area contributed by atoms with Gasteiger partial charge in [-0.05, 0) is 43.4 Å². The third-order valence-electron chi connectivity index (χ3n) is 3.48. The lowest BCUT2D eigenvalue weighted by atomic mass is 9.77. The Balaban J connectivity index is 2.43. The lowest BCUT2D eigenvalue weighted by Crippen LogP contribution is -2.40. The molecule has 3 N–H and O–H groups in total. The van der Waals surface area contributed by atoms with Crippen molar-refractivity contribution in [2.45, 2.75) is 25.2 Å². The van der Waals surface area contributed by atoms with Crippen LogP contribution in [0.15, 0.2) is 33.9 Å². The van der Waals surface area contributed by atoms with E-state index >= 15 is 0 Å². The molecule has 0 aromatic heterocycles. The van der Waals surface area contributed by atoms with Crippen LogP contribution in [0.5, 0.6) is 0 Å². The van der Waals surface area contributed by atoms with Crippen molar-refractivity contribution in [3.05, 3.63) is 34.3 Å². The van der Waals surface area contributed by atoms with E-state index in [2.05, 4.69) is 21.1 Å². The number of hydrogen-bond acceptors (Lipinski definition) is 2. The first-order chi connectivity index (χ1) is 7.59. The first-order valence-electron chi connectivity index (χ1n) is 5.33. The van der Waals surface area contributed by atoms with Crippen LogP contribution in [0.1, 0.15) is 25.3 Å². The number of nitrogens with zero attached hydrogens (tertiary/aromatic N) is 1. The highest BCUT2D eigenvalue weighted by molar-refractivity contribution is 9.10. The summed E-state index contributed by atoms with van der Waals surface area (Å²) < 4.78 is 1.04. The third-order valence-corrected chi connectivity index (χ3v) is 4.01. The second kappa shape index (κ2) is 4.09. The maximum absolute atomic E-state index is 8.92. The van der Waals surface area contributed by atoms with Crippen LogP contribution >= 0.6 is 15.9 Å². The van der Waals surface area contributed by atoms with E-state index < -0.39 is 0 Å². The van der Waals surface area contributed by atoms with Gasteiger partial charge in [0.1, 0.15) is 5.84 Å². The van der Waals surface area contributed by atoms with Gasteiger partial charge in [-0.25, -0.2) is 0 Å². The highest BCUT2D eigenvalue weighted by Crippen LogP contribution is 2.47. The fraction of sp³-hybridized carbons (Fsp3) is 0.417. The summed E-state index contributed by atoms with van der Waals surface area (Å²) in [4.78, 5) is 0. The lowest BCUT2D eigenvalue weighted by Gasteiger charge is -2.28. The molecular weight excluding hydrogens is 268 g/mol. The topological polar surface area (TPSA) is 58.6 Å². The van der Waals surface area contributed by atoms with Crippen LogP contribution in [-0.2, 0) is 5.41 Å². The van der Waals surface area contributed by atoms with Crippen LogP contribution in [0.3, 0.4) is 0 Å². The summed E-state index contributed by atoms with van der Waals surface area (Å²) in [6, 6.07) is 8.03. The fourth-order valence-corrected chi connectivity index (χ4v) is 2.42. The first kappa shape index (κ1) is 11.5. The number of nitrogens with two attached hydrogens (primary N) is 1. The van der Waals surface area contributed by atoms with Gasteiger partial charge in [0, 0.05) is 4.47 Å². The van der Waals surface area contributed by atoms with E-state index in [0.717, 1.165) is 22.9 Å². The Kier molecular flexibility index (Phi) is 2.93. The molecule has 1 atom stereocenters. The molecule has 1 aliphatic carbocycles. The second-order valence-electron chi connectivity index (χ2n) is 4.47. The van der Waals surface area contributed by atoms with Gasteiger partial charge in [-0.1, -0.05) is 33.2 Å². The molecular formula is C12H15BrN2O. The molecule has 0 bridgehead atoms. The van der Waals surface area contributed by atoms with Crippen LogP contribution in [0.25, 0.3) is 0 Å². The zero-order chi connectivity index (χ0) is 11.8. The highest BCUT2D eigenvalue weighted by atomic mass is 79.9. The molecule has 0 heterocycles. The van der Waals surface area contributed by atoms with Gasteiger partial charge in [0.15, 0.2) is 0 Å². The van der Waals surface area contributed by atoms with Crippen LogP contribution < -0.4 is 5.73 Å². The molecule has 2 rings (SSSR count). The fourth-order valence-electron chi connectivity index (χ4n) is 2.15. The SMILES string of the molecule is C[C@](C(N)=NO)(c1ccc(Br)cc1)C1CC1. The Morgan fingerprint density at radius 1 is 1.44 bits per heavy atom. The summed E-state index contributed by atoms with van der Waals surface area (Å²) in [6.45, 7) is 2.04. The first-order valence-corrected chi connectivity index (χ1v) is 6.12. The largest absolute Gasteiger partial charge is 0.409 e. The predicted octanol–water partition coefficient (Wildman–Crippen LogP) is 2.86. The Bertz CT molecular complexity index is 412. The van der Waals surface area contributed by atoms with E-state index in [4.69, 9.17) is 10.9 Å². The minimum absolute atomic E-state index is 0.303. The summed E-state index contributed by atoms with van der Waals surface area (Å²) in [6.07, 6.45) is 2.28. The number of amidine groups is 1. The van der Waals surface area contributed by atoms with Crippen LogP contribution in [0, 0.1) is 5.92 Å². The van der Waals surface area contributed by atoms with Crippen LogP contribution in [0.2, 0.25) is 0 Å². The molecule has 0 aliphatic heterocycles. The lowest BCUT2D eigenvalue weighted by molar-refractivity contribution is 0.310. The summed E-state index contributed by atoms with van der Waals surface area (Å²) in [5.74, 6) is 0.793. The van der Waals surface area contributed by atoms with Gasteiger partial charge >= 0.3 is 0 Å². The van der Waals surface area contributed by atoms with Crippen molar-refractivity contribution >= 4 is 21.8 Å². The summed E-state index contributed by atoms with van der Waals surface area (Å²) in [5, 5.41) is 12.1. The molecule has 4 heteroatoms. The normalized spacial score (nSPS) is 20.5. The van der Waals surface area contributed by atoms with Crippen molar-refractivity contribution < 1.29 is 5.21 Å². The minimum atomic E-state index is -0.338. The van der Waals surface area contributed by atoms with E-state index in [1.165, 1.54) is 0 Å². The van der Waals surface area contributed by atoms with Crippen molar-refractivity contribution in [1.82, 2.24) is 0 Å². The van der Waals surface area contributed by atoms with Gasteiger partial charge in [0.2, 0.25) is 0 Å². The Labute approximate surface area is 103 Å². The van der Waals surface area contributed by atoms with Gasteiger partial charge in [-0.15, -0.1) is 0 Å². The van der Waals surface area contributed by atoms with E-state index in [1.54, 1.807) is 0 Å². The summed E-state index contributed by atoms with van der Waals surface area (Å²) in [7, 11) is 0. The zero-order valence-corrected chi connectivity index (χ0v) is 10.7. The van der Waals surface area contributed by atoms with E-state index in [0.29, 0.717) is 11.8 Å². The molecule has 0 amide bonds. The number of oxime groups is 1. The van der Waals surface area contributed by atoms with E-state index in [9.17, 15) is 0 Å². The minimum Gasteiger partial charge on any atom is -0.409 e. The number of halogens is 1. The molecule has 1 fully saturated rings. The van der Waals surface area contributed by atoms with Gasteiger partial charge in [0.25, 0.3) is 0 Å². The van der Waals surface area contributed by atoms with Crippen molar-refractivity contribution in [2.24, 2.45) is 16.8 Å². The third kappa shape index (κ3) is 1.82. The smallest absolute Gasteiger partial charge is 0.149 e. The van der Waals surface area contributed by atoms with Gasteiger partial charge in [-0.3, -0.25) is 0 Å². The number of hydrogen-bond donors (Lipinski definition) is 2. The standard InChI is InChI=1S/C12H15BrN2O/c1-12(8-2-3-8,11(14)15-16)9-4-6-10(13)7-5-9/h4-8,16H,2-3H2,1H3,(H2,14,15)/t12-/m1/s1. The van der Waals surface area contributed by atoms with Crippen molar-refractivity contribution in [3.63, 3.8) is 0 Å². The van der Waals surface area contributed by atoms with Crippen LogP contribution in [0.4, 0.5) is 0 Å². The molecule has 86 valence electrons. The molecule has 0 unspecified atom stereocenters. The number of benzene rings is 1. The molecule has 0 spiro atoms. The average molecular weight is 283 g/mol. The molecule has 0 radical (unpaired) electrons. The molecule has 3 nitrogen and oxygen atoms in total. The molecule has 1 aliphatic rings. The van der Waals surface area contributed by atoms with Crippen molar-refractivity contribution in [2.75, 3.05) is 0 Å². The summed E-state index contributed by atoms with van der Waals surface area (Å²) in [5.41, 5.74) is 6.62. The molecule has 1 aromatic carbocycles. The maximum atomic E-state index is 8.92. The van der Waals surface area contributed by atoms with Crippen molar-refractivity contribution in [1.29, 1.82) is 0 Å². The predicted molar refractivity (Wildman–Crippen MR) is 67.6 cm³/mol. The molecule has 0 saturated heterocycles. The Morgan fingerprint density at radius 3 is 2.44 bits per heavy atom. The quantitative estimate of drug-likeness (QED) is 0.388. The molecule has 1 aromatic rings. The Morgan fingerprint density at radius 2 is 2.00 bits per heavy atom. The summed E-state index contributed by atoms with van der Waals surface area (Å²) >= 11 is 3.41. The number of rotatable bonds is 3. The molecule has 16 heavy (non-hydrogen) atoms. The van der Waals surface area contributed by atoms with Gasteiger partial charge in [0.05, 0.1) is 5.41 Å². The van der Waals surface area contributed by atoms with Crippen molar-refractivity contribution in [3.8, 4) is 0 Å². The average Bonchev–Trinajstić information content (AvgIpc) is 3.12. The highest BCUT2D eigenvalue weighted by Gasteiger charge is 2.46. The van der Waals surface area contributed by atoms with Gasteiger partial charge < -0.3 is 10.9 Å². The van der Waals surface area contributed by atoms with E-state index in [1.807, 2.05) is 31.2 Å². The maximum Gasteiger partial charge on any atom is 0.149 e. The van der Waals surface area contributed by atoms with Crippen LogP contribution in [-0.4, -0.2) is 11.0 Å². The molecule has 1 saturated carbocycles. The van der Waals surface area contributed by atoms with Gasteiger partial charge in [-0.2, -0.15) is 0 Å².